The van der Waals surface area contributed by atoms with Gasteiger partial charge in [-0.25, -0.2) is 9.97 Å². The van der Waals surface area contributed by atoms with Gasteiger partial charge in [-0.05, 0) is 62.6 Å². The van der Waals surface area contributed by atoms with Crippen molar-refractivity contribution in [1.82, 2.24) is 14.9 Å². The highest BCUT2D eigenvalue weighted by Crippen LogP contribution is 2.38. The zero-order valence-corrected chi connectivity index (χ0v) is 18.1. The fraction of sp³-hybridized carbons (Fsp3) is 0.500. The summed E-state index contributed by atoms with van der Waals surface area (Å²) in [5, 5.41) is 0.785. The lowest BCUT2D eigenvalue weighted by atomic mass is 10.0. The Morgan fingerprint density at radius 2 is 1.90 bits per heavy atom. The summed E-state index contributed by atoms with van der Waals surface area (Å²) in [6.07, 6.45) is 5.13. The number of aryl methyl sites for hydroxylation is 2. The van der Waals surface area contributed by atoms with E-state index in [1.807, 2.05) is 37.1 Å². The monoisotopic (exact) mass is 413 g/mol. The van der Waals surface area contributed by atoms with Crippen molar-refractivity contribution < 1.29 is 14.3 Å². The number of hydrogen-bond acceptors (Lipinski definition) is 6. The first-order valence-electron chi connectivity index (χ1n) is 10.1. The minimum absolute atomic E-state index is 0.107. The molecule has 1 unspecified atom stereocenters. The summed E-state index contributed by atoms with van der Waals surface area (Å²) in [4.78, 5) is 24.1. The quantitative estimate of drug-likeness (QED) is 0.547. The zero-order chi connectivity index (χ0) is 20.4. The van der Waals surface area contributed by atoms with Crippen LogP contribution in [0, 0.1) is 13.8 Å². The molecule has 2 aliphatic heterocycles. The maximum Gasteiger partial charge on any atom is 0.223 e. The summed E-state index contributed by atoms with van der Waals surface area (Å²) in [7, 11) is 0. The van der Waals surface area contributed by atoms with Crippen LogP contribution in [0.4, 0.5) is 0 Å². The predicted octanol–water partition coefficient (Wildman–Crippen LogP) is 3.88. The molecule has 2 aromatic rings. The van der Waals surface area contributed by atoms with Gasteiger partial charge in [0.1, 0.15) is 13.2 Å². The number of aromatic nitrogens is 2. The third kappa shape index (κ3) is 4.20. The number of nitrogens with zero attached hydrogens (tertiary/aromatic N) is 3. The summed E-state index contributed by atoms with van der Waals surface area (Å²) in [5.74, 6) is 1.76. The van der Waals surface area contributed by atoms with Crippen molar-refractivity contribution in [3.63, 3.8) is 0 Å². The third-order valence-corrected chi connectivity index (χ3v) is 6.24. The minimum Gasteiger partial charge on any atom is -0.486 e. The van der Waals surface area contributed by atoms with Crippen molar-refractivity contribution in [2.24, 2.45) is 0 Å². The van der Waals surface area contributed by atoms with Crippen LogP contribution in [-0.4, -0.2) is 46.8 Å². The highest BCUT2D eigenvalue weighted by atomic mass is 32.2. The molecule has 0 bridgehead atoms. The second kappa shape index (κ2) is 8.61. The predicted molar refractivity (Wildman–Crippen MR) is 113 cm³/mol. The summed E-state index contributed by atoms with van der Waals surface area (Å²) in [6, 6.07) is 6.17. The number of likely N-dealkylation sites (tertiary alicyclic amines) is 1. The van der Waals surface area contributed by atoms with Gasteiger partial charge in [-0.15, -0.1) is 0 Å². The summed E-state index contributed by atoms with van der Waals surface area (Å²) in [5.41, 5.74) is 4.16. The summed E-state index contributed by atoms with van der Waals surface area (Å²) >= 11 is 1.54. The Bertz CT molecular complexity index is 895. The average molecular weight is 414 g/mol. The van der Waals surface area contributed by atoms with E-state index in [0.29, 0.717) is 26.1 Å². The van der Waals surface area contributed by atoms with E-state index in [2.05, 4.69) is 16.0 Å². The van der Waals surface area contributed by atoms with E-state index in [1.165, 1.54) is 0 Å². The number of carbonyl (C=O) groups excluding carboxylic acids is 1. The number of hydrogen-bond donors (Lipinski definition) is 0. The van der Waals surface area contributed by atoms with E-state index in [-0.39, 0.29) is 11.9 Å². The van der Waals surface area contributed by atoms with Gasteiger partial charge >= 0.3 is 0 Å². The van der Waals surface area contributed by atoms with E-state index in [0.717, 1.165) is 58.6 Å². The molecule has 0 aliphatic carbocycles. The first-order chi connectivity index (χ1) is 14.1. The minimum atomic E-state index is 0.107. The van der Waals surface area contributed by atoms with E-state index >= 15 is 0 Å². The maximum absolute atomic E-state index is 13.1. The van der Waals surface area contributed by atoms with E-state index in [4.69, 9.17) is 9.47 Å². The second-order valence-electron chi connectivity index (χ2n) is 7.51. The van der Waals surface area contributed by atoms with E-state index in [9.17, 15) is 4.79 Å². The molecule has 6 nitrogen and oxygen atoms in total. The number of ether oxygens (including phenoxy) is 2. The van der Waals surface area contributed by atoms with Gasteiger partial charge in [0.2, 0.25) is 5.91 Å². The van der Waals surface area contributed by atoms with Crippen molar-refractivity contribution >= 4 is 17.7 Å². The van der Waals surface area contributed by atoms with Gasteiger partial charge in [0.15, 0.2) is 16.7 Å². The lowest BCUT2D eigenvalue weighted by Gasteiger charge is -2.27. The molecule has 0 radical (unpaired) electrons. The van der Waals surface area contributed by atoms with Crippen molar-refractivity contribution in [2.45, 2.75) is 50.7 Å². The molecule has 1 amide bonds. The molecule has 0 spiro atoms. The number of benzene rings is 1. The van der Waals surface area contributed by atoms with Gasteiger partial charge in [-0.3, -0.25) is 4.79 Å². The van der Waals surface area contributed by atoms with Crippen LogP contribution >= 0.6 is 11.8 Å². The zero-order valence-electron chi connectivity index (χ0n) is 17.2. The molecule has 7 heteroatoms. The normalized spacial score (nSPS) is 18.2. The number of amides is 1. The topological polar surface area (TPSA) is 64.6 Å². The number of thioether (sulfide) groups is 1. The Balaban J connectivity index is 1.46. The molecule has 1 atom stereocenters. The van der Waals surface area contributed by atoms with Crippen LogP contribution in [0.25, 0.3) is 0 Å². The molecule has 29 heavy (non-hydrogen) atoms. The number of rotatable bonds is 5. The fourth-order valence-corrected chi connectivity index (χ4v) is 4.67. The Morgan fingerprint density at radius 3 is 2.62 bits per heavy atom. The van der Waals surface area contributed by atoms with E-state index in [1.54, 1.807) is 11.8 Å². The van der Waals surface area contributed by atoms with Crippen LogP contribution < -0.4 is 9.47 Å². The number of carbonyl (C=O) groups is 1. The van der Waals surface area contributed by atoms with Crippen molar-refractivity contribution in [3.8, 4) is 11.5 Å². The van der Waals surface area contributed by atoms with Gasteiger partial charge in [0.25, 0.3) is 0 Å². The highest BCUT2D eigenvalue weighted by Gasteiger charge is 2.30. The molecule has 1 saturated heterocycles. The lowest BCUT2D eigenvalue weighted by Crippen LogP contribution is -2.31. The van der Waals surface area contributed by atoms with Gasteiger partial charge in [-0.1, -0.05) is 17.8 Å². The van der Waals surface area contributed by atoms with Gasteiger partial charge in [-0.2, -0.15) is 0 Å². The Hall–Kier alpha value is -2.28. The van der Waals surface area contributed by atoms with Crippen LogP contribution in [0.2, 0.25) is 0 Å². The largest absolute Gasteiger partial charge is 0.486 e. The molecular formula is C22H27N3O3S. The molecule has 154 valence electrons. The Labute approximate surface area is 176 Å². The lowest BCUT2D eigenvalue weighted by molar-refractivity contribution is -0.132. The Kier molecular flexibility index (Phi) is 5.94. The Morgan fingerprint density at radius 1 is 1.17 bits per heavy atom. The van der Waals surface area contributed by atoms with Crippen LogP contribution in [0.5, 0.6) is 11.5 Å². The maximum atomic E-state index is 13.1. The first kappa shape index (κ1) is 20.0. The van der Waals surface area contributed by atoms with Gasteiger partial charge in [0.05, 0.1) is 6.04 Å². The molecule has 1 fully saturated rings. The van der Waals surface area contributed by atoms with Crippen LogP contribution in [-0.2, 0) is 11.2 Å². The van der Waals surface area contributed by atoms with Crippen molar-refractivity contribution in [1.29, 1.82) is 0 Å². The third-order valence-electron chi connectivity index (χ3n) is 5.70. The van der Waals surface area contributed by atoms with Crippen LogP contribution in [0.15, 0.2) is 23.4 Å². The standard InChI is InChI=1S/C22H27N3O3S/c1-14-17(15(2)24-22(23-14)29-3)7-9-21(26)25-10-4-5-18(25)16-6-8-19-20(13-16)28-12-11-27-19/h6,8,13,18H,4-5,7,9-12H2,1-3H3. The smallest absolute Gasteiger partial charge is 0.223 e. The molecule has 1 aromatic carbocycles. The number of fused-ring (bicyclic) bond motifs is 1. The molecule has 1 aromatic heterocycles. The molecule has 4 rings (SSSR count). The molecule has 3 heterocycles. The summed E-state index contributed by atoms with van der Waals surface area (Å²) in [6.45, 7) is 5.96. The summed E-state index contributed by atoms with van der Waals surface area (Å²) < 4.78 is 11.3. The SMILES string of the molecule is CSc1nc(C)c(CCC(=O)N2CCCC2c2ccc3c(c2)OCCO3)c(C)n1. The molecule has 0 N–H and O–H groups in total. The van der Waals surface area contributed by atoms with E-state index < -0.39 is 0 Å². The van der Waals surface area contributed by atoms with Crippen LogP contribution in [0.3, 0.4) is 0 Å². The molecular weight excluding hydrogens is 386 g/mol. The van der Waals surface area contributed by atoms with Crippen molar-refractivity contribution in [2.75, 3.05) is 26.0 Å². The van der Waals surface area contributed by atoms with Crippen LogP contribution in [0.1, 0.15) is 47.8 Å². The van der Waals surface area contributed by atoms with Gasteiger partial charge < -0.3 is 14.4 Å². The fourth-order valence-electron chi connectivity index (χ4n) is 4.22. The van der Waals surface area contributed by atoms with Gasteiger partial charge in [0, 0.05) is 24.4 Å². The highest BCUT2D eigenvalue weighted by molar-refractivity contribution is 7.98. The van der Waals surface area contributed by atoms with Crippen molar-refractivity contribution in [3.05, 3.63) is 40.7 Å². The second-order valence-corrected chi connectivity index (χ2v) is 8.28. The first-order valence-corrected chi connectivity index (χ1v) is 11.4. The molecule has 2 aliphatic rings. The average Bonchev–Trinajstić information content (AvgIpc) is 3.22. The molecule has 0 saturated carbocycles.